The lowest BCUT2D eigenvalue weighted by molar-refractivity contribution is 0.276. The Hall–Kier alpha value is -0.800. The molecule has 4 heteroatoms. The van der Waals surface area contributed by atoms with Crippen LogP contribution in [0, 0.1) is 11.8 Å². The fourth-order valence-corrected chi connectivity index (χ4v) is 2.40. The third kappa shape index (κ3) is 2.72. The normalized spacial score (nSPS) is 25.1. The van der Waals surface area contributed by atoms with Crippen LogP contribution < -0.4 is 4.90 Å². The number of hydrogen-bond acceptors (Lipinski definition) is 3. The molecule has 1 aliphatic rings. The topological polar surface area (TPSA) is 36.4 Å². The minimum atomic E-state index is -0.105. The first-order valence-electron chi connectivity index (χ1n) is 6.13. The lowest BCUT2D eigenvalue weighted by Crippen LogP contribution is -2.38. The Balaban J connectivity index is 2.17. The maximum Gasteiger partial charge on any atom is 0.129 e. The molecule has 1 aliphatic heterocycles. The Morgan fingerprint density at radius 2 is 2.18 bits per heavy atom. The largest absolute Gasteiger partial charge is 0.390 e. The number of aliphatic hydroxyl groups excluding tert-OH is 1. The van der Waals surface area contributed by atoms with Gasteiger partial charge in [0.25, 0.3) is 0 Å². The van der Waals surface area contributed by atoms with Crippen LogP contribution in [0.2, 0.25) is 5.02 Å². The molecule has 1 N–H and O–H groups in total. The molecule has 0 spiro atoms. The van der Waals surface area contributed by atoms with Gasteiger partial charge in [-0.15, -0.1) is 0 Å². The zero-order valence-corrected chi connectivity index (χ0v) is 11.1. The fraction of sp³-hybridized carbons (Fsp3) is 0.615. The van der Waals surface area contributed by atoms with Crippen LogP contribution in [-0.2, 0) is 6.61 Å². The first kappa shape index (κ1) is 12.7. The van der Waals surface area contributed by atoms with Crippen molar-refractivity contribution in [2.45, 2.75) is 26.9 Å². The molecule has 1 aromatic heterocycles. The van der Waals surface area contributed by atoms with Crippen molar-refractivity contribution in [2.75, 3.05) is 18.0 Å². The molecule has 2 unspecified atom stereocenters. The van der Waals surface area contributed by atoms with Gasteiger partial charge in [-0.2, -0.15) is 0 Å². The minimum Gasteiger partial charge on any atom is -0.390 e. The van der Waals surface area contributed by atoms with Crippen molar-refractivity contribution in [3.8, 4) is 0 Å². The maximum absolute atomic E-state index is 9.17. The van der Waals surface area contributed by atoms with E-state index in [4.69, 9.17) is 16.7 Å². The highest BCUT2D eigenvalue weighted by molar-refractivity contribution is 6.31. The number of rotatable bonds is 2. The van der Waals surface area contributed by atoms with Gasteiger partial charge in [-0.25, -0.2) is 4.98 Å². The molecule has 2 heterocycles. The fourth-order valence-electron chi connectivity index (χ4n) is 2.23. The van der Waals surface area contributed by atoms with Gasteiger partial charge in [0.2, 0.25) is 0 Å². The van der Waals surface area contributed by atoms with E-state index in [0.29, 0.717) is 16.6 Å². The van der Waals surface area contributed by atoms with E-state index in [2.05, 4.69) is 23.7 Å². The number of anilines is 1. The van der Waals surface area contributed by atoms with Crippen LogP contribution in [0.5, 0.6) is 0 Å². The molecule has 1 fully saturated rings. The molecule has 2 atom stereocenters. The first-order valence-corrected chi connectivity index (χ1v) is 6.51. The quantitative estimate of drug-likeness (QED) is 0.882. The minimum absolute atomic E-state index is 0.105. The van der Waals surface area contributed by atoms with E-state index in [1.807, 2.05) is 12.1 Å². The summed E-state index contributed by atoms with van der Waals surface area (Å²) in [6, 6.07) is 3.75. The third-order valence-electron chi connectivity index (χ3n) is 3.71. The second-order valence-electron chi connectivity index (χ2n) is 4.95. The SMILES string of the molecule is CC1CCN(c2ccc(Cl)c(CO)n2)CC1C. The molecule has 17 heavy (non-hydrogen) atoms. The summed E-state index contributed by atoms with van der Waals surface area (Å²) in [5, 5.41) is 9.71. The third-order valence-corrected chi connectivity index (χ3v) is 4.06. The molecule has 1 aromatic rings. The van der Waals surface area contributed by atoms with Gasteiger partial charge in [0, 0.05) is 13.1 Å². The summed E-state index contributed by atoms with van der Waals surface area (Å²) in [4.78, 5) is 6.70. The van der Waals surface area contributed by atoms with Crippen molar-refractivity contribution < 1.29 is 5.11 Å². The zero-order valence-electron chi connectivity index (χ0n) is 10.4. The van der Waals surface area contributed by atoms with Crippen LogP contribution in [0.25, 0.3) is 0 Å². The van der Waals surface area contributed by atoms with Gasteiger partial charge >= 0.3 is 0 Å². The van der Waals surface area contributed by atoms with E-state index in [0.717, 1.165) is 24.8 Å². The summed E-state index contributed by atoms with van der Waals surface area (Å²) in [6.45, 7) is 6.54. The molecular weight excluding hydrogens is 236 g/mol. The highest BCUT2D eigenvalue weighted by Gasteiger charge is 2.23. The Morgan fingerprint density at radius 3 is 2.82 bits per heavy atom. The van der Waals surface area contributed by atoms with Crippen molar-refractivity contribution in [3.63, 3.8) is 0 Å². The van der Waals surface area contributed by atoms with E-state index in [1.165, 1.54) is 6.42 Å². The van der Waals surface area contributed by atoms with Gasteiger partial charge in [-0.05, 0) is 30.4 Å². The molecule has 3 nitrogen and oxygen atoms in total. The number of pyridine rings is 1. The van der Waals surface area contributed by atoms with E-state index < -0.39 is 0 Å². The molecule has 0 aromatic carbocycles. The predicted octanol–water partition coefficient (Wildman–Crippen LogP) is 2.71. The van der Waals surface area contributed by atoms with Gasteiger partial charge in [0.15, 0.2) is 0 Å². The summed E-state index contributed by atoms with van der Waals surface area (Å²) in [5.41, 5.74) is 0.565. The lowest BCUT2D eigenvalue weighted by Gasteiger charge is -2.36. The number of aliphatic hydroxyl groups is 1. The average Bonchev–Trinajstić information content (AvgIpc) is 2.33. The second kappa shape index (κ2) is 5.23. The highest BCUT2D eigenvalue weighted by Crippen LogP contribution is 2.27. The number of halogens is 1. The highest BCUT2D eigenvalue weighted by atomic mass is 35.5. The Bertz CT molecular complexity index is 397. The van der Waals surface area contributed by atoms with Crippen molar-refractivity contribution in [2.24, 2.45) is 11.8 Å². The number of hydrogen-bond donors (Lipinski definition) is 1. The number of nitrogens with zero attached hydrogens (tertiary/aromatic N) is 2. The molecule has 0 bridgehead atoms. The van der Waals surface area contributed by atoms with Crippen molar-refractivity contribution >= 4 is 17.4 Å². The van der Waals surface area contributed by atoms with E-state index in [9.17, 15) is 0 Å². The molecule has 0 amide bonds. The van der Waals surface area contributed by atoms with Gasteiger partial charge in [-0.1, -0.05) is 25.4 Å². The first-order chi connectivity index (χ1) is 8.11. The lowest BCUT2D eigenvalue weighted by atomic mass is 9.89. The van der Waals surface area contributed by atoms with Crippen LogP contribution in [-0.4, -0.2) is 23.2 Å². The van der Waals surface area contributed by atoms with E-state index in [-0.39, 0.29) is 6.61 Å². The molecule has 0 radical (unpaired) electrons. The van der Waals surface area contributed by atoms with Crippen LogP contribution in [0.1, 0.15) is 26.0 Å². The average molecular weight is 255 g/mol. The standard InChI is InChI=1S/C13H19ClN2O/c1-9-5-6-16(7-10(9)2)13-4-3-11(14)12(8-17)15-13/h3-4,9-10,17H,5-8H2,1-2H3. The van der Waals surface area contributed by atoms with Crippen molar-refractivity contribution in [1.29, 1.82) is 0 Å². The summed E-state index contributed by atoms with van der Waals surface area (Å²) in [7, 11) is 0. The summed E-state index contributed by atoms with van der Waals surface area (Å²) in [6.07, 6.45) is 1.19. The summed E-state index contributed by atoms with van der Waals surface area (Å²) in [5.74, 6) is 2.38. The van der Waals surface area contributed by atoms with Crippen LogP contribution in [0.4, 0.5) is 5.82 Å². The summed E-state index contributed by atoms with van der Waals surface area (Å²) < 4.78 is 0. The van der Waals surface area contributed by atoms with Crippen molar-refractivity contribution in [3.05, 3.63) is 22.8 Å². The zero-order chi connectivity index (χ0) is 12.4. The number of aromatic nitrogens is 1. The Morgan fingerprint density at radius 1 is 1.41 bits per heavy atom. The summed E-state index contributed by atoms with van der Waals surface area (Å²) >= 11 is 5.95. The molecule has 0 aliphatic carbocycles. The van der Waals surface area contributed by atoms with Crippen LogP contribution >= 0.6 is 11.6 Å². The molecular formula is C13H19ClN2O. The molecule has 2 rings (SSSR count). The molecule has 0 saturated carbocycles. The van der Waals surface area contributed by atoms with Gasteiger partial charge in [0.1, 0.15) is 5.82 Å². The van der Waals surface area contributed by atoms with Gasteiger partial charge < -0.3 is 10.0 Å². The number of piperidine rings is 1. The van der Waals surface area contributed by atoms with Gasteiger partial charge in [0.05, 0.1) is 17.3 Å². The van der Waals surface area contributed by atoms with Gasteiger partial charge in [-0.3, -0.25) is 0 Å². The van der Waals surface area contributed by atoms with E-state index in [1.54, 1.807) is 0 Å². The maximum atomic E-state index is 9.17. The second-order valence-corrected chi connectivity index (χ2v) is 5.35. The monoisotopic (exact) mass is 254 g/mol. The smallest absolute Gasteiger partial charge is 0.129 e. The van der Waals surface area contributed by atoms with Crippen molar-refractivity contribution in [1.82, 2.24) is 4.98 Å². The van der Waals surface area contributed by atoms with E-state index >= 15 is 0 Å². The Labute approximate surface area is 107 Å². The Kier molecular flexibility index (Phi) is 3.89. The van der Waals surface area contributed by atoms with Crippen LogP contribution in [0.15, 0.2) is 12.1 Å². The molecule has 94 valence electrons. The van der Waals surface area contributed by atoms with Crippen LogP contribution in [0.3, 0.4) is 0 Å². The predicted molar refractivity (Wildman–Crippen MR) is 70.3 cm³/mol. The molecule has 1 saturated heterocycles.